The highest BCUT2D eigenvalue weighted by Gasteiger charge is 2.40. The SMILES string of the molecule is Nc1ncnc2c1c(-c1ccc(Oc3ccccc3)cc1)nn2[C@@H]1CCCN(C(=O)N2CCC(C3CCN(c4ccc5c(c4)CN(C4CCC(=O)NC4=O)C5=O)CC3)CC2)C1. The molecule has 3 aromatic carbocycles. The number of carbonyl (C=O) groups excluding carboxylic acids is 4. The van der Waals surface area contributed by atoms with E-state index in [0.717, 1.165) is 87.3 Å². The maximum Gasteiger partial charge on any atom is 0.320 e. The largest absolute Gasteiger partial charge is 0.457 e. The fraction of sp³-hybridized carbons (Fsp3) is 0.413. The number of nitrogens with two attached hydrogens (primary N) is 1. The summed E-state index contributed by atoms with van der Waals surface area (Å²) in [5, 5.41) is 8.18. The topological polar surface area (TPSA) is 172 Å². The van der Waals surface area contributed by atoms with Crippen LogP contribution >= 0.6 is 0 Å². The lowest BCUT2D eigenvalue weighted by Crippen LogP contribution is -2.52. The van der Waals surface area contributed by atoms with Crippen LogP contribution < -0.4 is 20.7 Å². The molecule has 5 amide bonds. The number of amides is 5. The van der Waals surface area contributed by atoms with Gasteiger partial charge in [-0.05, 0) is 117 Å². The number of urea groups is 1. The summed E-state index contributed by atoms with van der Waals surface area (Å²) in [6.07, 6.45) is 8.01. The van der Waals surface area contributed by atoms with Gasteiger partial charge < -0.3 is 30.1 Å². The zero-order valence-corrected chi connectivity index (χ0v) is 34.1. The Balaban J connectivity index is 0.740. The van der Waals surface area contributed by atoms with Crippen LogP contribution in [0.2, 0.25) is 0 Å². The van der Waals surface area contributed by atoms with E-state index >= 15 is 0 Å². The molecule has 314 valence electrons. The molecule has 0 radical (unpaired) electrons. The van der Waals surface area contributed by atoms with E-state index in [4.69, 9.17) is 15.6 Å². The molecule has 4 fully saturated rings. The van der Waals surface area contributed by atoms with Gasteiger partial charge in [-0.2, -0.15) is 5.10 Å². The second-order valence-corrected chi connectivity index (χ2v) is 17.1. The van der Waals surface area contributed by atoms with Gasteiger partial charge in [-0.15, -0.1) is 0 Å². The molecule has 7 heterocycles. The highest BCUT2D eigenvalue weighted by molar-refractivity contribution is 6.05. The van der Waals surface area contributed by atoms with Gasteiger partial charge in [0.2, 0.25) is 11.8 Å². The summed E-state index contributed by atoms with van der Waals surface area (Å²) >= 11 is 0. The first-order valence-electron chi connectivity index (χ1n) is 21.7. The number of piperidine rings is 4. The average molecular weight is 823 g/mol. The monoisotopic (exact) mass is 822 g/mol. The third-order valence-corrected chi connectivity index (χ3v) is 13.5. The summed E-state index contributed by atoms with van der Waals surface area (Å²) in [5.41, 5.74) is 11.4. The highest BCUT2D eigenvalue weighted by Crippen LogP contribution is 2.38. The van der Waals surface area contributed by atoms with Crippen molar-refractivity contribution < 1.29 is 23.9 Å². The molecule has 2 atom stereocenters. The minimum absolute atomic E-state index is 0.0536. The average Bonchev–Trinajstić information content (AvgIpc) is 3.85. The number of para-hydroxylation sites is 1. The van der Waals surface area contributed by atoms with Crippen molar-refractivity contribution in [2.75, 3.05) is 49.9 Å². The Bertz CT molecular complexity index is 2480. The van der Waals surface area contributed by atoms with Crippen molar-refractivity contribution in [3.05, 3.63) is 90.3 Å². The normalized spacial score (nSPS) is 21.5. The number of nitrogen functional groups attached to an aromatic ring is 1. The van der Waals surface area contributed by atoms with E-state index in [2.05, 4.69) is 26.3 Å². The minimum atomic E-state index is -0.611. The molecule has 0 aliphatic carbocycles. The zero-order valence-electron chi connectivity index (χ0n) is 34.1. The second kappa shape index (κ2) is 16.2. The summed E-state index contributed by atoms with van der Waals surface area (Å²) < 4.78 is 7.97. The molecule has 5 aliphatic rings. The van der Waals surface area contributed by atoms with Gasteiger partial charge in [0.25, 0.3) is 5.91 Å². The van der Waals surface area contributed by atoms with Crippen LogP contribution in [-0.4, -0.2) is 104 Å². The number of rotatable bonds is 7. The van der Waals surface area contributed by atoms with Crippen molar-refractivity contribution in [3.63, 3.8) is 0 Å². The molecular formula is C46H50N10O5. The van der Waals surface area contributed by atoms with E-state index in [-0.39, 0.29) is 36.2 Å². The molecular weight excluding hydrogens is 773 g/mol. The van der Waals surface area contributed by atoms with Crippen LogP contribution in [0.25, 0.3) is 22.3 Å². The van der Waals surface area contributed by atoms with Crippen molar-refractivity contribution in [1.29, 1.82) is 0 Å². The number of hydrogen-bond acceptors (Lipinski definition) is 10. The fourth-order valence-electron chi connectivity index (χ4n) is 10.2. The Morgan fingerprint density at radius 1 is 0.787 bits per heavy atom. The number of imide groups is 1. The van der Waals surface area contributed by atoms with E-state index in [1.807, 2.05) is 81.2 Å². The van der Waals surface area contributed by atoms with E-state index in [1.54, 1.807) is 4.90 Å². The molecule has 5 aromatic rings. The van der Waals surface area contributed by atoms with Crippen LogP contribution in [0.5, 0.6) is 11.5 Å². The number of nitrogens with one attached hydrogen (secondary N) is 1. The van der Waals surface area contributed by atoms with Crippen molar-refractivity contribution in [2.45, 2.75) is 70.0 Å². The van der Waals surface area contributed by atoms with Gasteiger partial charge in [-0.25, -0.2) is 19.4 Å². The van der Waals surface area contributed by atoms with E-state index < -0.39 is 6.04 Å². The number of aromatic nitrogens is 4. The molecule has 15 heteroatoms. The Labute approximate surface area is 353 Å². The maximum atomic E-state index is 14.1. The number of nitrogens with zero attached hydrogens (tertiary/aromatic N) is 8. The molecule has 10 rings (SSSR count). The maximum absolute atomic E-state index is 14.1. The first kappa shape index (κ1) is 38.7. The third-order valence-electron chi connectivity index (χ3n) is 13.5. The number of benzene rings is 3. The van der Waals surface area contributed by atoms with Crippen LogP contribution in [-0.2, 0) is 16.1 Å². The van der Waals surface area contributed by atoms with Gasteiger partial charge in [0, 0.05) is 69.0 Å². The van der Waals surface area contributed by atoms with E-state index in [0.29, 0.717) is 71.7 Å². The third kappa shape index (κ3) is 7.50. The molecule has 1 unspecified atom stereocenters. The van der Waals surface area contributed by atoms with Crippen molar-refractivity contribution in [1.82, 2.24) is 39.8 Å². The molecule has 0 spiro atoms. The number of anilines is 2. The van der Waals surface area contributed by atoms with Gasteiger partial charge in [-0.1, -0.05) is 18.2 Å². The molecule has 0 saturated carbocycles. The van der Waals surface area contributed by atoms with Crippen LogP contribution in [0.15, 0.2) is 79.1 Å². The van der Waals surface area contributed by atoms with Crippen LogP contribution in [0.3, 0.4) is 0 Å². The van der Waals surface area contributed by atoms with Gasteiger partial charge >= 0.3 is 6.03 Å². The summed E-state index contributed by atoms with van der Waals surface area (Å²) in [4.78, 5) is 68.4. The summed E-state index contributed by atoms with van der Waals surface area (Å²) in [6, 6.07) is 22.9. The Morgan fingerprint density at radius 3 is 2.28 bits per heavy atom. The van der Waals surface area contributed by atoms with Gasteiger partial charge in [0.1, 0.15) is 35.4 Å². The smallest absolute Gasteiger partial charge is 0.320 e. The summed E-state index contributed by atoms with van der Waals surface area (Å²) in [7, 11) is 0. The number of fused-ring (bicyclic) bond motifs is 2. The molecule has 4 saturated heterocycles. The second-order valence-electron chi connectivity index (χ2n) is 17.1. The van der Waals surface area contributed by atoms with Crippen molar-refractivity contribution >= 4 is 46.3 Å². The minimum Gasteiger partial charge on any atom is -0.457 e. The number of ether oxygens (including phenoxy) is 1. The van der Waals surface area contributed by atoms with E-state index in [9.17, 15) is 19.2 Å². The van der Waals surface area contributed by atoms with E-state index in [1.165, 1.54) is 6.33 Å². The first-order chi connectivity index (χ1) is 29.8. The zero-order chi connectivity index (χ0) is 41.6. The fourth-order valence-corrected chi connectivity index (χ4v) is 10.2. The summed E-state index contributed by atoms with van der Waals surface area (Å²) in [6.45, 7) is 5.05. The first-order valence-corrected chi connectivity index (χ1v) is 21.7. The highest BCUT2D eigenvalue weighted by atomic mass is 16.5. The molecule has 3 N–H and O–H groups in total. The number of likely N-dealkylation sites (tertiary alicyclic amines) is 2. The van der Waals surface area contributed by atoms with Gasteiger partial charge in [-0.3, -0.25) is 19.7 Å². The summed E-state index contributed by atoms with van der Waals surface area (Å²) in [5.74, 6) is 2.22. The molecule has 0 bridgehead atoms. The van der Waals surface area contributed by atoms with Gasteiger partial charge in [0.05, 0.1) is 11.4 Å². The lowest BCUT2D eigenvalue weighted by atomic mass is 9.78. The molecule has 15 nitrogen and oxygen atoms in total. The quantitative estimate of drug-likeness (QED) is 0.185. The lowest BCUT2D eigenvalue weighted by molar-refractivity contribution is -0.136. The Morgan fingerprint density at radius 2 is 1.52 bits per heavy atom. The lowest BCUT2D eigenvalue weighted by Gasteiger charge is -2.42. The molecule has 2 aromatic heterocycles. The van der Waals surface area contributed by atoms with Crippen LogP contribution in [0.4, 0.5) is 16.3 Å². The molecule has 5 aliphatic heterocycles. The van der Waals surface area contributed by atoms with Gasteiger partial charge in [0.15, 0.2) is 5.65 Å². The Hall–Kier alpha value is -6.51. The van der Waals surface area contributed by atoms with Crippen LogP contribution in [0.1, 0.15) is 73.3 Å². The number of carbonyl (C=O) groups is 4. The standard InChI is InChI=1S/C46H50N10O5/c47-42-40-41(31-8-11-36(12-9-31)61-35-6-2-1-3-7-35)51-56(43(40)49-28-48-42)34-5-4-20-54(27-34)46(60)53-23-18-30(19-24-53)29-16-21-52(22-17-29)33-10-13-37-32(25-33)26-55(45(37)59)38-14-15-39(57)50-44(38)58/h1-3,6-13,25,28-30,34,38H,4-5,14-24,26-27H2,(H2,47,48,49)(H,50,57,58)/t34-,38?/m1/s1. The van der Waals surface area contributed by atoms with Crippen LogP contribution in [0, 0.1) is 11.8 Å². The predicted molar refractivity (Wildman–Crippen MR) is 229 cm³/mol. The van der Waals surface area contributed by atoms with Crippen molar-refractivity contribution in [3.8, 4) is 22.8 Å². The Kier molecular flexibility index (Phi) is 10.2. The predicted octanol–water partition coefficient (Wildman–Crippen LogP) is 6.01. The molecule has 61 heavy (non-hydrogen) atoms. The number of hydrogen-bond donors (Lipinski definition) is 2. The van der Waals surface area contributed by atoms with Crippen molar-refractivity contribution in [2.24, 2.45) is 11.8 Å².